The van der Waals surface area contributed by atoms with Crippen molar-refractivity contribution in [2.24, 2.45) is 5.10 Å². The second-order valence-electron chi connectivity index (χ2n) is 7.47. The van der Waals surface area contributed by atoms with Crippen molar-refractivity contribution in [2.75, 3.05) is 19.3 Å². The fourth-order valence-electron chi connectivity index (χ4n) is 3.49. The lowest BCUT2D eigenvalue weighted by Crippen LogP contribution is -2.41. The van der Waals surface area contributed by atoms with Crippen molar-refractivity contribution in [1.82, 2.24) is 10.2 Å². The van der Waals surface area contributed by atoms with Gasteiger partial charge in [-0.05, 0) is 42.3 Å². The number of aromatic nitrogens is 1. The van der Waals surface area contributed by atoms with Crippen LogP contribution in [-0.4, -0.2) is 48.0 Å². The molecule has 0 spiro atoms. The van der Waals surface area contributed by atoms with Crippen molar-refractivity contribution < 1.29 is 32.7 Å². The molecule has 1 aliphatic heterocycles. The Bertz CT molecular complexity index is 1210. The average Bonchev–Trinajstić information content (AvgIpc) is 3.42. The number of hydrazone groups is 1. The van der Waals surface area contributed by atoms with Crippen LogP contribution in [0.25, 0.3) is 0 Å². The summed E-state index contributed by atoms with van der Waals surface area (Å²) in [5.74, 6) is 0.267. The highest BCUT2D eigenvalue weighted by Gasteiger charge is 2.31. The number of rotatable bonds is 9. The number of nitrogens with zero attached hydrogens (tertiary/aromatic N) is 3. The molecule has 3 aromatic rings. The minimum atomic E-state index is -0.984. The van der Waals surface area contributed by atoms with Crippen LogP contribution in [0.1, 0.15) is 35.0 Å². The molecule has 2 aromatic carbocycles. The second kappa shape index (κ2) is 10.7. The van der Waals surface area contributed by atoms with Gasteiger partial charge < -0.3 is 24.1 Å². The number of alkyl halides is 1. The molecule has 1 unspecified atom stereocenters. The van der Waals surface area contributed by atoms with Crippen LogP contribution in [0.15, 0.2) is 64.4 Å². The van der Waals surface area contributed by atoms with Gasteiger partial charge in [-0.2, -0.15) is 10.1 Å². The van der Waals surface area contributed by atoms with Crippen molar-refractivity contribution in [3.8, 4) is 11.5 Å². The molecule has 1 aliphatic rings. The maximum atomic E-state index is 12.6. The van der Waals surface area contributed by atoms with Gasteiger partial charge in [-0.25, -0.2) is 9.18 Å². The van der Waals surface area contributed by atoms with Gasteiger partial charge >= 0.3 is 6.09 Å². The van der Waals surface area contributed by atoms with Crippen LogP contribution in [0.5, 0.6) is 11.5 Å². The van der Waals surface area contributed by atoms with Gasteiger partial charge in [0, 0.05) is 17.3 Å². The smallest absolute Gasteiger partial charge is 0.431 e. The lowest BCUT2D eigenvalue weighted by Gasteiger charge is -2.29. The lowest BCUT2D eigenvalue weighted by molar-refractivity contribution is 0.0712. The summed E-state index contributed by atoms with van der Waals surface area (Å²) in [4.78, 5) is 24.7. The number of anilines is 1. The molecule has 0 aliphatic carbocycles. The number of ether oxygens (including phenoxy) is 3. The van der Waals surface area contributed by atoms with Crippen LogP contribution in [0.2, 0.25) is 0 Å². The van der Waals surface area contributed by atoms with Crippen molar-refractivity contribution in [2.45, 2.75) is 26.0 Å². The molecule has 11 heteroatoms. The summed E-state index contributed by atoms with van der Waals surface area (Å²) in [6.07, 6.45) is 0.775. The van der Waals surface area contributed by atoms with Gasteiger partial charge in [-0.1, -0.05) is 24.2 Å². The topological polar surface area (TPSA) is 115 Å². The maximum Gasteiger partial charge on any atom is 0.431 e. The van der Waals surface area contributed by atoms with Gasteiger partial charge in [0.05, 0.1) is 19.9 Å². The van der Waals surface area contributed by atoms with E-state index in [9.17, 15) is 14.0 Å². The van der Waals surface area contributed by atoms with Gasteiger partial charge in [0.1, 0.15) is 11.8 Å². The summed E-state index contributed by atoms with van der Waals surface area (Å²) >= 11 is 0. The molecule has 2 heterocycles. The number of carbonyl (C=O) groups is 2. The van der Waals surface area contributed by atoms with Crippen molar-refractivity contribution in [1.29, 1.82) is 0 Å². The van der Waals surface area contributed by atoms with Gasteiger partial charge in [0.2, 0.25) is 12.6 Å². The SMILES string of the molecule is CCC1OC(=O)N(Cc2ccc(NC(=O)c3ccno3)cc2)N=C1c1ccc(OCF)c(OC)c1. The predicted molar refractivity (Wildman–Crippen MR) is 123 cm³/mol. The third kappa shape index (κ3) is 5.40. The zero-order valence-electron chi connectivity index (χ0n) is 19.1. The molecule has 0 saturated heterocycles. The van der Waals surface area contributed by atoms with E-state index in [1.807, 2.05) is 6.92 Å². The Labute approximate surface area is 200 Å². The van der Waals surface area contributed by atoms with E-state index in [4.69, 9.17) is 18.7 Å². The Morgan fingerprint density at radius 1 is 1.17 bits per heavy atom. The number of hydrogen-bond acceptors (Lipinski definition) is 8. The highest BCUT2D eigenvalue weighted by Crippen LogP contribution is 2.30. The van der Waals surface area contributed by atoms with Crippen LogP contribution >= 0.6 is 0 Å². The number of hydrogen-bond donors (Lipinski definition) is 1. The Hall–Kier alpha value is -4.41. The molecule has 1 N–H and O–H groups in total. The van der Waals surface area contributed by atoms with Gasteiger partial charge in [-0.15, -0.1) is 0 Å². The molecular weight excluding hydrogens is 459 g/mol. The normalized spacial score (nSPS) is 15.3. The van der Waals surface area contributed by atoms with E-state index >= 15 is 0 Å². The summed E-state index contributed by atoms with van der Waals surface area (Å²) in [7, 11) is 1.45. The van der Waals surface area contributed by atoms with Crippen LogP contribution in [-0.2, 0) is 11.3 Å². The van der Waals surface area contributed by atoms with E-state index in [0.717, 1.165) is 5.56 Å². The fourth-order valence-corrected chi connectivity index (χ4v) is 3.49. The molecule has 1 aromatic heterocycles. The zero-order valence-corrected chi connectivity index (χ0v) is 19.1. The number of cyclic esters (lactones) is 1. The summed E-state index contributed by atoms with van der Waals surface area (Å²) in [5.41, 5.74) is 2.51. The highest BCUT2D eigenvalue weighted by molar-refractivity contribution is 6.06. The van der Waals surface area contributed by atoms with Crippen molar-refractivity contribution >= 4 is 23.4 Å². The quantitative estimate of drug-likeness (QED) is 0.481. The number of halogens is 1. The summed E-state index contributed by atoms with van der Waals surface area (Å²) in [5, 5.41) is 12.0. The first kappa shape index (κ1) is 23.7. The molecule has 4 rings (SSSR count). The summed E-state index contributed by atoms with van der Waals surface area (Å²) < 4.78 is 33.3. The Morgan fingerprint density at radius 2 is 1.97 bits per heavy atom. The third-order valence-corrected chi connectivity index (χ3v) is 5.23. The summed E-state index contributed by atoms with van der Waals surface area (Å²) in [6.45, 7) is 1.05. The van der Waals surface area contributed by atoms with Crippen LogP contribution in [0.4, 0.5) is 14.9 Å². The third-order valence-electron chi connectivity index (χ3n) is 5.23. The highest BCUT2D eigenvalue weighted by atomic mass is 19.1. The van der Waals surface area contributed by atoms with Gasteiger partial charge in [0.25, 0.3) is 5.91 Å². The molecule has 182 valence electrons. The first-order valence-electron chi connectivity index (χ1n) is 10.8. The molecule has 0 fully saturated rings. The van der Waals surface area contributed by atoms with Crippen LogP contribution in [0.3, 0.4) is 0 Å². The van der Waals surface area contributed by atoms with E-state index in [0.29, 0.717) is 29.1 Å². The Kier molecular flexibility index (Phi) is 7.24. The number of nitrogens with one attached hydrogen (secondary N) is 1. The van der Waals surface area contributed by atoms with E-state index in [2.05, 4.69) is 15.6 Å². The lowest BCUT2D eigenvalue weighted by atomic mass is 10.0. The van der Waals surface area contributed by atoms with Crippen molar-refractivity contribution in [3.63, 3.8) is 0 Å². The Morgan fingerprint density at radius 3 is 2.63 bits per heavy atom. The fraction of sp³-hybridized carbons (Fsp3) is 0.250. The van der Waals surface area contributed by atoms with Gasteiger partial charge in [-0.3, -0.25) is 4.79 Å². The van der Waals surface area contributed by atoms with Crippen molar-refractivity contribution in [3.05, 3.63) is 71.6 Å². The molecule has 2 amide bonds. The molecule has 0 bridgehead atoms. The minimum absolute atomic E-state index is 0.0957. The second-order valence-corrected chi connectivity index (χ2v) is 7.47. The van der Waals surface area contributed by atoms with Gasteiger partial charge in [0.15, 0.2) is 11.5 Å². The molecule has 35 heavy (non-hydrogen) atoms. The van der Waals surface area contributed by atoms with E-state index < -0.39 is 25.0 Å². The first-order chi connectivity index (χ1) is 17.0. The van der Waals surface area contributed by atoms with Crippen LogP contribution in [0, 0.1) is 0 Å². The monoisotopic (exact) mass is 482 g/mol. The number of carbonyl (C=O) groups excluding carboxylic acids is 2. The standard InChI is InChI=1S/C24H23FN4O6/c1-3-18-22(16-6-9-19(33-14-25)21(12-16)32-2)28-29(24(31)34-18)13-15-4-7-17(8-5-15)27-23(30)20-10-11-26-35-20/h4-12,18H,3,13-14H2,1-2H3,(H,27,30). The number of amides is 2. The summed E-state index contributed by atoms with van der Waals surface area (Å²) in [6, 6.07) is 13.3. The van der Waals surface area contributed by atoms with E-state index in [1.165, 1.54) is 24.4 Å². The first-order valence-corrected chi connectivity index (χ1v) is 10.8. The molecule has 10 nitrogen and oxygen atoms in total. The number of methoxy groups -OCH3 is 1. The number of benzene rings is 2. The van der Waals surface area contributed by atoms with E-state index in [1.54, 1.807) is 42.5 Å². The zero-order chi connectivity index (χ0) is 24.8. The molecule has 1 atom stereocenters. The molecule has 0 radical (unpaired) electrons. The molecular formula is C24H23FN4O6. The maximum absolute atomic E-state index is 12.6. The predicted octanol–water partition coefficient (Wildman–Crippen LogP) is 4.38. The van der Waals surface area contributed by atoms with Crippen LogP contribution < -0.4 is 14.8 Å². The molecule has 0 saturated carbocycles. The minimum Gasteiger partial charge on any atom is -0.493 e. The van der Waals surface area contributed by atoms with E-state index in [-0.39, 0.29) is 18.1 Å². The Balaban J connectivity index is 1.52. The average molecular weight is 482 g/mol. The largest absolute Gasteiger partial charge is 0.493 e.